The molecular weight excluding hydrogens is 277 g/mol. The molecule has 1 aromatic rings. The third-order valence-corrected chi connectivity index (χ3v) is 4.98. The van der Waals surface area contributed by atoms with Crippen LogP contribution in [0.25, 0.3) is 0 Å². The van der Waals surface area contributed by atoms with E-state index in [1.807, 2.05) is 12.1 Å². The number of thioether (sulfide) groups is 1. The van der Waals surface area contributed by atoms with E-state index in [1.54, 1.807) is 11.8 Å². The van der Waals surface area contributed by atoms with Gasteiger partial charge in [-0.2, -0.15) is 0 Å². The van der Waals surface area contributed by atoms with Crippen LogP contribution in [0.5, 0.6) is 0 Å². The van der Waals surface area contributed by atoms with Gasteiger partial charge in [-0.3, -0.25) is 0 Å². The van der Waals surface area contributed by atoms with Gasteiger partial charge in [-0.05, 0) is 30.5 Å². The number of hydrogen-bond acceptors (Lipinski definition) is 2. The normalized spacial score (nSPS) is 16.8. The van der Waals surface area contributed by atoms with Gasteiger partial charge in [0.25, 0.3) is 0 Å². The summed E-state index contributed by atoms with van der Waals surface area (Å²) in [5, 5.41) is 0. The van der Waals surface area contributed by atoms with Gasteiger partial charge >= 0.3 is 0 Å². The monoisotopic (exact) mass is 297 g/mol. The Morgan fingerprint density at radius 2 is 1.63 bits per heavy atom. The van der Waals surface area contributed by atoms with Gasteiger partial charge in [0.2, 0.25) is 0 Å². The van der Waals surface area contributed by atoms with Crippen LogP contribution in [0.2, 0.25) is 0 Å². The number of hydrogen-bond donors (Lipinski definition) is 0. The fraction of sp³-hybridized carbons (Fsp3) is 0.533. The number of benzene rings is 1. The minimum Gasteiger partial charge on any atom is -0.358 e. The van der Waals surface area contributed by atoms with E-state index in [0.717, 1.165) is 28.7 Å². The standard InChI is InChI=1S/C15H20FNS2/c16-14-8-6-13(7-9-14)12-19-15(18)17-10-4-2-1-3-5-11-17/h6-9H,1-5,10-12H2. The zero-order valence-corrected chi connectivity index (χ0v) is 12.7. The second-order valence-electron chi connectivity index (χ2n) is 4.94. The zero-order valence-electron chi connectivity index (χ0n) is 11.1. The molecule has 1 fully saturated rings. The summed E-state index contributed by atoms with van der Waals surface area (Å²) in [4.78, 5) is 2.34. The summed E-state index contributed by atoms with van der Waals surface area (Å²) in [6, 6.07) is 6.68. The summed E-state index contributed by atoms with van der Waals surface area (Å²) in [6.45, 7) is 2.19. The quantitative estimate of drug-likeness (QED) is 0.734. The van der Waals surface area contributed by atoms with Crippen LogP contribution in [0, 0.1) is 5.82 Å². The molecule has 1 saturated heterocycles. The van der Waals surface area contributed by atoms with Crippen LogP contribution < -0.4 is 0 Å². The van der Waals surface area contributed by atoms with Crippen molar-refractivity contribution in [2.75, 3.05) is 13.1 Å². The van der Waals surface area contributed by atoms with Gasteiger partial charge in [0.1, 0.15) is 10.1 Å². The summed E-state index contributed by atoms with van der Waals surface area (Å²) < 4.78 is 13.8. The molecule has 1 heterocycles. The second kappa shape index (κ2) is 7.85. The minimum atomic E-state index is -0.180. The van der Waals surface area contributed by atoms with E-state index >= 15 is 0 Å². The van der Waals surface area contributed by atoms with Crippen molar-refractivity contribution in [3.8, 4) is 0 Å². The Morgan fingerprint density at radius 1 is 1.05 bits per heavy atom. The van der Waals surface area contributed by atoms with Gasteiger partial charge < -0.3 is 4.90 Å². The number of rotatable bonds is 2. The molecule has 1 aliphatic heterocycles. The molecule has 1 nitrogen and oxygen atoms in total. The highest BCUT2D eigenvalue weighted by Gasteiger charge is 2.12. The van der Waals surface area contributed by atoms with Crippen molar-refractivity contribution in [1.29, 1.82) is 0 Å². The van der Waals surface area contributed by atoms with Crippen LogP contribution >= 0.6 is 24.0 Å². The lowest BCUT2D eigenvalue weighted by atomic mass is 10.1. The van der Waals surface area contributed by atoms with E-state index in [0.29, 0.717) is 0 Å². The van der Waals surface area contributed by atoms with E-state index in [1.165, 1.54) is 44.2 Å². The third kappa shape index (κ3) is 5.11. The number of likely N-dealkylation sites (tertiary alicyclic amines) is 1. The summed E-state index contributed by atoms with van der Waals surface area (Å²) in [5.74, 6) is 0.649. The Labute approximate surface area is 124 Å². The van der Waals surface area contributed by atoms with Crippen molar-refractivity contribution < 1.29 is 4.39 Å². The Morgan fingerprint density at radius 3 is 2.26 bits per heavy atom. The highest BCUT2D eigenvalue weighted by Crippen LogP contribution is 2.19. The molecule has 0 unspecified atom stereocenters. The molecule has 104 valence electrons. The lowest BCUT2D eigenvalue weighted by Gasteiger charge is -2.26. The van der Waals surface area contributed by atoms with E-state index in [4.69, 9.17) is 12.2 Å². The van der Waals surface area contributed by atoms with Gasteiger partial charge in [-0.15, -0.1) is 0 Å². The predicted molar refractivity (Wildman–Crippen MR) is 85.0 cm³/mol. The molecular formula is C15H20FNS2. The molecule has 0 radical (unpaired) electrons. The van der Waals surface area contributed by atoms with Gasteiger partial charge in [0.15, 0.2) is 0 Å². The van der Waals surface area contributed by atoms with Gasteiger partial charge in [-0.25, -0.2) is 4.39 Å². The highest BCUT2D eigenvalue weighted by atomic mass is 32.2. The molecule has 0 aliphatic carbocycles. The molecule has 0 N–H and O–H groups in total. The van der Waals surface area contributed by atoms with Gasteiger partial charge in [0, 0.05) is 18.8 Å². The van der Waals surface area contributed by atoms with Crippen molar-refractivity contribution in [3.05, 3.63) is 35.6 Å². The van der Waals surface area contributed by atoms with Crippen molar-refractivity contribution in [2.24, 2.45) is 0 Å². The average Bonchev–Trinajstić information content (AvgIpc) is 2.37. The van der Waals surface area contributed by atoms with E-state index in [9.17, 15) is 4.39 Å². The molecule has 19 heavy (non-hydrogen) atoms. The maximum atomic E-state index is 12.8. The summed E-state index contributed by atoms with van der Waals surface area (Å²) in [5.41, 5.74) is 1.13. The molecule has 0 atom stereocenters. The number of nitrogens with zero attached hydrogens (tertiary/aromatic N) is 1. The Kier molecular flexibility index (Phi) is 6.11. The lowest BCUT2D eigenvalue weighted by molar-refractivity contribution is 0.372. The largest absolute Gasteiger partial charge is 0.358 e. The van der Waals surface area contributed by atoms with E-state index in [-0.39, 0.29) is 5.82 Å². The SMILES string of the molecule is Fc1ccc(CSC(=S)N2CCCCCCC2)cc1. The first-order valence-electron chi connectivity index (χ1n) is 6.92. The lowest BCUT2D eigenvalue weighted by Crippen LogP contribution is -2.30. The number of halogens is 1. The first kappa shape index (κ1) is 14.8. The fourth-order valence-corrected chi connectivity index (χ4v) is 3.45. The van der Waals surface area contributed by atoms with Crippen molar-refractivity contribution >= 4 is 28.3 Å². The number of thiocarbonyl (C=S) groups is 1. The molecule has 0 bridgehead atoms. The highest BCUT2D eigenvalue weighted by molar-refractivity contribution is 8.22. The van der Waals surface area contributed by atoms with E-state index < -0.39 is 0 Å². The van der Waals surface area contributed by atoms with Crippen LogP contribution in [0.3, 0.4) is 0 Å². The van der Waals surface area contributed by atoms with E-state index in [2.05, 4.69) is 4.90 Å². The molecule has 4 heteroatoms. The topological polar surface area (TPSA) is 3.24 Å². The van der Waals surface area contributed by atoms with Crippen LogP contribution in [0.15, 0.2) is 24.3 Å². The van der Waals surface area contributed by atoms with Crippen LogP contribution in [-0.4, -0.2) is 22.3 Å². The third-order valence-electron chi connectivity index (χ3n) is 3.39. The van der Waals surface area contributed by atoms with Crippen LogP contribution in [0.4, 0.5) is 4.39 Å². The van der Waals surface area contributed by atoms with Gasteiger partial charge in [-0.1, -0.05) is 55.4 Å². The fourth-order valence-electron chi connectivity index (χ4n) is 2.25. The average molecular weight is 297 g/mol. The Hall–Kier alpha value is -0.610. The summed E-state index contributed by atoms with van der Waals surface area (Å²) in [7, 11) is 0. The Balaban J connectivity index is 1.80. The molecule has 1 aliphatic rings. The molecule has 0 saturated carbocycles. The predicted octanol–water partition coefficient (Wildman–Crippen LogP) is 4.61. The van der Waals surface area contributed by atoms with Crippen molar-refractivity contribution in [3.63, 3.8) is 0 Å². The van der Waals surface area contributed by atoms with Crippen LogP contribution in [0.1, 0.15) is 37.7 Å². The summed E-state index contributed by atoms with van der Waals surface area (Å²) in [6.07, 6.45) is 6.50. The maximum absolute atomic E-state index is 12.8. The first-order chi connectivity index (χ1) is 9.25. The van der Waals surface area contributed by atoms with Crippen LogP contribution in [-0.2, 0) is 5.75 Å². The molecule has 0 spiro atoms. The minimum absolute atomic E-state index is 0.180. The smallest absolute Gasteiger partial charge is 0.136 e. The van der Waals surface area contributed by atoms with Crippen molar-refractivity contribution in [1.82, 2.24) is 4.90 Å². The first-order valence-corrected chi connectivity index (χ1v) is 8.31. The zero-order chi connectivity index (χ0) is 13.5. The molecule has 0 amide bonds. The maximum Gasteiger partial charge on any atom is 0.136 e. The second-order valence-corrected chi connectivity index (χ2v) is 6.55. The molecule has 2 rings (SSSR count). The molecule has 0 aromatic heterocycles. The molecule has 1 aromatic carbocycles. The Bertz CT molecular complexity index is 397. The van der Waals surface area contributed by atoms with Crippen molar-refractivity contribution in [2.45, 2.75) is 37.9 Å². The van der Waals surface area contributed by atoms with Gasteiger partial charge in [0.05, 0.1) is 0 Å². The summed E-state index contributed by atoms with van der Waals surface area (Å²) >= 11 is 7.21.